The summed E-state index contributed by atoms with van der Waals surface area (Å²) in [5, 5.41) is 12.3. The van der Waals surface area contributed by atoms with Gasteiger partial charge in [0.2, 0.25) is 0 Å². The maximum atomic E-state index is 13.8. The molecule has 0 aliphatic carbocycles. The molecule has 3 aromatic rings. The highest BCUT2D eigenvalue weighted by atomic mass is 19.1. The van der Waals surface area contributed by atoms with E-state index >= 15 is 0 Å². The molecule has 1 heterocycles. The summed E-state index contributed by atoms with van der Waals surface area (Å²) in [6, 6.07) is 13.8. The molecule has 25 heavy (non-hydrogen) atoms. The smallest absolute Gasteiger partial charge is 0.326 e. The molecule has 6 heteroatoms. The minimum Gasteiger partial charge on any atom is -0.480 e. The number of H-pyrrole nitrogens is 1. The van der Waals surface area contributed by atoms with Gasteiger partial charge in [-0.1, -0.05) is 43.3 Å². The number of rotatable bonds is 5. The molecule has 3 rings (SSSR count). The van der Waals surface area contributed by atoms with Crippen LogP contribution in [0.5, 0.6) is 0 Å². The van der Waals surface area contributed by atoms with E-state index in [0.29, 0.717) is 5.52 Å². The minimum atomic E-state index is -1.13. The third kappa shape index (κ3) is 3.38. The molecule has 0 saturated carbocycles. The van der Waals surface area contributed by atoms with Crippen LogP contribution in [0, 0.1) is 5.82 Å². The quantitative estimate of drug-likeness (QED) is 0.666. The highest BCUT2D eigenvalue weighted by molar-refractivity contribution is 5.99. The number of hydrogen-bond acceptors (Lipinski definition) is 2. The lowest BCUT2D eigenvalue weighted by atomic mass is 9.93. The lowest BCUT2D eigenvalue weighted by molar-refractivity contribution is -0.139. The number of nitrogens with one attached hydrogen (secondary N) is 2. The summed E-state index contributed by atoms with van der Waals surface area (Å²) in [4.78, 5) is 26.9. The van der Waals surface area contributed by atoms with Crippen molar-refractivity contribution in [1.82, 2.24) is 10.3 Å². The summed E-state index contributed by atoms with van der Waals surface area (Å²) in [5.41, 5.74) is 1.40. The Kier molecular flexibility index (Phi) is 4.52. The molecule has 0 fully saturated rings. The maximum Gasteiger partial charge on any atom is 0.326 e. The number of hydrogen-bond donors (Lipinski definition) is 3. The third-order valence-corrected chi connectivity index (χ3v) is 4.23. The second-order valence-electron chi connectivity index (χ2n) is 5.87. The van der Waals surface area contributed by atoms with Crippen molar-refractivity contribution in [3.8, 4) is 0 Å². The first kappa shape index (κ1) is 16.7. The predicted octanol–water partition coefficient (Wildman–Crippen LogP) is 3.29. The Hall–Kier alpha value is -3.15. The van der Waals surface area contributed by atoms with E-state index in [1.165, 1.54) is 18.2 Å². The van der Waals surface area contributed by atoms with Crippen molar-refractivity contribution >= 4 is 22.8 Å². The number of carbonyl (C=O) groups excluding carboxylic acids is 1. The predicted molar refractivity (Wildman–Crippen MR) is 92.0 cm³/mol. The monoisotopic (exact) mass is 340 g/mol. The summed E-state index contributed by atoms with van der Waals surface area (Å²) in [6.45, 7) is 1.74. The van der Waals surface area contributed by atoms with Crippen molar-refractivity contribution in [3.05, 3.63) is 71.7 Å². The van der Waals surface area contributed by atoms with Gasteiger partial charge < -0.3 is 15.4 Å². The van der Waals surface area contributed by atoms with Crippen molar-refractivity contribution in [2.24, 2.45) is 0 Å². The first-order valence-corrected chi connectivity index (χ1v) is 7.83. The second-order valence-corrected chi connectivity index (χ2v) is 5.87. The number of aliphatic carboxylic acids is 1. The number of carboxylic acid groups (broad SMARTS) is 1. The number of aromatic nitrogens is 1. The van der Waals surface area contributed by atoms with Gasteiger partial charge in [-0.25, -0.2) is 9.18 Å². The van der Waals surface area contributed by atoms with E-state index in [9.17, 15) is 19.1 Å². The van der Waals surface area contributed by atoms with E-state index in [-0.39, 0.29) is 11.1 Å². The van der Waals surface area contributed by atoms with Crippen molar-refractivity contribution < 1.29 is 19.1 Å². The van der Waals surface area contributed by atoms with Gasteiger partial charge in [-0.05, 0) is 23.8 Å². The molecule has 0 spiro atoms. The summed E-state index contributed by atoms with van der Waals surface area (Å²) >= 11 is 0. The fourth-order valence-corrected chi connectivity index (χ4v) is 2.81. The Morgan fingerprint density at radius 2 is 1.84 bits per heavy atom. The summed E-state index contributed by atoms with van der Waals surface area (Å²) in [5.74, 6) is -2.60. The number of carboxylic acids is 1. The van der Waals surface area contributed by atoms with Crippen LogP contribution in [0.2, 0.25) is 0 Å². The van der Waals surface area contributed by atoms with Crippen LogP contribution in [-0.4, -0.2) is 28.0 Å². The van der Waals surface area contributed by atoms with Gasteiger partial charge in [0.05, 0.1) is 0 Å². The zero-order valence-electron chi connectivity index (χ0n) is 13.5. The van der Waals surface area contributed by atoms with Crippen LogP contribution in [0.4, 0.5) is 4.39 Å². The van der Waals surface area contributed by atoms with Crippen LogP contribution < -0.4 is 5.32 Å². The normalized spacial score (nSPS) is 13.4. The van der Waals surface area contributed by atoms with E-state index in [1.54, 1.807) is 13.0 Å². The van der Waals surface area contributed by atoms with Gasteiger partial charge in [0.15, 0.2) is 0 Å². The van der Waals surface area contributed by atoms with Crippen LogP contribution in [-0.2, 0) is 4.79 Å². The first-order valence-electron chi connectivity index (χ1n) is 7.83. The van der Waals surface area contributed by atoms with Gasteiger partial charge >= 0.3 is 5.97 Å². The molecule has 0 saturated heterocycles. The van der Waals surface area contributed by atoms with Crippen LogP contribution in [0.1, 0.15) is 28.9 Å². The fraction of sp³-hybridized carbons (Fsp3) is 0.158. The molecule has 0 aliphatic heterocycles. The molecule has 3 N–H and O–H groups in total. The number of carbonyl (C=O) groups is 2. The minimum absolute atomic E-state index is 0.117. The standard InChI is InChI=1S/C19H17FN2O3/c1-11(12-6-3-2-4-7-12)17(19(24)25)22-18(23)16-10-13-14(20)8-5-9-15(13)21-16/h2-11,17,21H,1H3,(H,22,23)(H,24,25). The Morgan fingerprint density at radius 3 is 2.48 bits per heavy atom. The molecule has 2 unspecified atom stereocenters. The summed E-state index contributed by atoms with van der Waals surface area (Å²) < 4.78 is 13.8. The van der Waals surface area contributed by atoms with E-state index in [4.69, 9.17) is 0 Å². The van der Waals surface area contributed by atoms with Crippen molar-refractivity contribution in [2.45, 2.75) is 18.9 Å². The van der Waals surface area contributed by atoms with Gasteiger partial charge in [-0.3, -0.25) is 4.79 Å². The lowest BCUT2D eigenvalue weighted by Gasteiger charge is -2.21. The zero-order valence-corrected chi connectivity index (χ0v) is 13.5. The third-order valence-electron chi connectivity index (χ3n) is 4.23. The molecule has 0 radical (unpaired) electrons. The fourth-order valence-electron chi connectivity index (χ4n) is 2.81. The zero-order chi connectivity index (χ0) is 18.0. The molecule has 0 bridgehead atoms. The molecular formula is C19H17FN2O3. The lowest BCUT2D eigenvalue weighted by Crippen LogP contribution is -2.44. The van der Waals surface area contributed by atoms with E-state index in [1.807, 2.05) is 30.3 Å². The number of amides is 1. The molecule has 0 aliphatic rings. The molecular weight excluding hydrogens is 323 g/mol. The Morgan fingerprint density at radius 1 is 1.12 bits per heavy atom. The van der Waals surface area contributed by atoms with Gasteiger partial charge in [0.1, 0.15) is 17.6 Å². The van der Waals surface area contributed by atoms with E-state index in [2.05, 4.69) is 10.3 Å². The number of benzene rings is 2. The van der Waals surface area contributed by atoms with Gasteiger partial charge in [0.25, 0.3) is 5.91 Å². The molecule has 1 amide bonds. The summed E-state index contributed by atoms with van der Waals surface area (Å²) in [7, 11) is 0. The van der Waals surface area contributed by atoms with Crippen LogP contribution in [0.3, 0.4) is 0 Å². The van der Waals surface area contributed by atoms with E-state index in [0.717, 1.165) is 5.56 Å². The van der Waals surface area contributed by atoms with Crippen LogP contribution >= 0.6 is 0 Å². The largest absolute Gasteiger partial charge is 0.480 e. The first-order chi connectivity index (χ1) is 12.0. The number of halogens is 1. The van der Waals surface area contributed by atoms with Gasteiger partial charge in [0, 0.05) is 16.8 Å². The SMILES string of the molecule is CC(c1ccccc1)C(NC(=O)c1cc2c(F)cccc2[nH]1)C(=O)O. The molecule has 2 atom stereocenters. The number of aromatic amines is 1. The molecule has 128 valence electrons. The second kappa shape index (κ2) is 6.76. The molecule has 5 nitrogen and oxygen atoms in total. The highest BCUT2D eigenvalue weighted by Gasteiger charge is 2.28. The summed E-state index contributed by atoms with van der Waals surface area (Å²) in [6.07, 6.45) is 0. The average molecular weight is 340 g/mol. The molecule has 2 aromatic carbocycles. The van der Waals surface area contributed by atoms with Crippen molar-refractivity contribution in [1.29, 1.82) is 0 Å². The Bertz CT molecular complexity index is 921. The van der Waals surface area contributed by atoms with Crippen molar-refractivity contribution in [3.63, 3.8) is 0 Å². The Labute approximate surface area is 143 Å². The maximum absolute atomic E-state index is 13.8. The van der Waals surface area contributed by atoms with Crippen molar-refractivity contribution in [2.75, 3.05) is 0 Å². The molecule has 1 aromatic heterocycles. The average Bonchev–Trinajstić information content (AvgIpc) is 3.05. The van der Waals surface area contributed by atoms with E-state index < -0.39 is 29.7 Å². The highest BCUT2D eigenvalue weighted by Crippen LogP contribution is 2.21. The Balaban J connectivity index is 1.85. The van der Waals surface area contributed by atoms with Crippen LogP contribution in [0.25, 0.3) is 10.9 Å². The van der Waals surface area contributed by atoms with Gasteiger partial charge in [-0.15, -0.1) is 0 Å². The van der Waals surface area contributed by atoms with Gasteiger partial charge in [-0.2, -0.15) is 0 Å². The number of fused-ring (bicyclic) bond motifs is 1. The van der Waals surface area contributed by atoms with Crippen LogP contribution in [0.15, 0.2) is 54.6 Å². The topological polar surface area (TPSA) is 82.2 Å².